The summed E-state index contributed by atoms with van der Waals surface area (Å²) in [5, 5.41) is 12.6. The Morgan fingerprint density at radius 3 is 2.53 bits per heavy atom. The fourth-order valence-electron chi connectivity index (χ4n) is 3.08. The summed E-state index contributed by atoms with van der Waals surface area (Å²) in [6.07, 6.45) is 1.61. The largest absolute Gasteiger partial charge is 0.497 e. The second-order valence-electron chi connectivity index (χ2n) is 6.60. The zero-order valence-electron chi connectivity index (χ0n) is 16.2. The summed E-state index contributed by atoms with van der Waals surface area (Å²) >= 11 is 5.84. The molecule has 0 aliphatic carbocycles. The maximum absolute atomic E-state index is 14.4. The predicted octanol–water partition coefficient (Wildman–Crippen LogP) is 3.56. The Balaban J connectivity index is 1.67. The van der Waals surface area contributed by atoms with Crippen LogP contribution in [0.25, 0.3) is 22.4 Å². The summed E-state index contributed by atoms with van der Waals surface area (Å²) < 4.78 is 22.3. The normalized spacial score (nSPS) is 10.9. The van der Waals surface area contributed by atoms with Crippen molar-refractivity contribution in [1.82, 2.24) is 24.8 Å². The van der Waals surface area contributed by atoms with Crippen molar-refractivity contribution < 1.29 is 9.13 Å². The van der Waals surface area contributed by atoms with Crippen molar-refractivity contribution in [2.75, 3.05) is 7.11 Å². The number of halogens is 2. The fraction of sp³-hybridized carbons (Fsp3) is 0.143. The van der Waals surface area contributed by atoms with Crippen molar-refractivity contribution in [3.8, 4) is 28.1 Å². The van der Waals surface area contributed by atoms with Gasteiger partial charge in [-0.05, 0) is 35.9 Å². The highest BCUT2D eigenvalue weighted by molar-refractivity contribution is 6.30. The molecule has 0 saturated carbocycles. The minimum Gasteiger partial charge on any atom is -0.497 e. The van der Waals surface area contributed by atoms with Crippen LogP contribution in [0.5, 0.6) is 5.75 Å². The van der Waals surface area contributed by atoms with Gasteiger partial charge in [-0.15, -0.1) is 5.10 Å². The molecular weight excluding hydrogens is 409 g/mol. The van der Waals surface area contributed by atoms with Crippen LogP contribution in [0.3, 0.4) is 0 Å². The van der Waals surface area contributed by atoms with Gasteiger partial charge in [-0.25, -0.2) is 13.8 Å². The standard InChI is InChI=1S/C21H17ClFN5O2/c1-27-19(21(25-26-27)17-8-5-15(22)10-18(17)23)12-28-20(29)9-14(11-24-28)13-3-6-16(30-2)7-4-13/h3-11H,12H2,1-2H3. The Hall–Kier alpha value is -3.52. The highest BCUT2D eigenvalue weighted by Crippen LogP contribution is 2.27. The molecule has 2 heterocycles. The minimum atomic E-state index is -0.514. The number of methoxy groups -OCH3 is 1. The van der Waals surface area contributed by atoms with Gasteiger partial charge in [0.1, 0.15) is 17.3 Å². The van der Waals surface area contributed by atoms with Crippen LogP contribution >= 0.6 is 11.6 Å². The van der Waals surface area contributed by atoms with E-state index in [0.717, 1.165) is 11.3 Å². The van der Waals surface area contributed by atoms with Crippen LogP contribution in [0.15, 0.2) is 59.5 Å². The van der Waals surface area contributed by atoms with Gasteiger partial charge < -0.3 is 4.74 Å². The second-order valence-corrected chi connectivity index (χ2v) is 7.04. The monoisotopic (exact) mass is 425 g/mol. The molecule has 0 fully saturated rings. The summed E-state index contributed by atoms with van der Waals surface area (Å²) in [6.45, 7) is 0.0859. The number of hydrogen-bond donors (Lipinski definition) is 0. The van der Waals surface area contributed by atoms with Crippen LogP contribution in [-0.2, 0) is 13.6 Å². The summed E-state index contributed by atoms with van der Waals surface area (Å²) in [4.78, 5) is 12.7. The number of hydrogen-bond acceptors (Lipinski definition) is 5. The minimum absolute atomic E-state index is 0.0859. The van der Waals surface area contributed by atoms with Gasteiger partial charge in [0.05, 0.1) is 25.5 Å². The molecule has 0 aliphatic rings. The van der Waals surface area contributed by atoms with Gasteiger partial charge in [-0.1, -0.05) is 28.9 Å². The average Bonchev–Trinajstić information content (AvgIpc) is 3.09. The fourth-order valence-corrected chi connectivity index (χ4v) is 3.24. The molecule has 152 valence electrons. The molecule has 2 aromatic heterocycles. The number of nitrogens with zero attached hydrogens (tertiary/aromatic N) is 5. The van der Waals surface area contributed by atoms with E-state index in [0.29, 0.717) is 17.0 Å². The second kappa shape index (κ2) is 8.08. The number of aromatic nitrogens is 5. The van der Waals surface area contributed by atoms with Crippen molar-refractivity contribution in [2.45, 2.75) is 6.54 Å². The summed E-state index contributed by atoms with van der Waals surface area (Å²) in [5.41, 5.74) is 2.37. The van der Waals surface area contributed by atoms with Gasteiger partial charge in [0.2, 0.25) is 0 Å². The van der Waals surface area contributed by atoms with Crippen LogP contribution in [0.2, 0.25) is 5.02 Å². The molecule has 9 heteroatoms. The van der Waals surface area contributed by atoms with Gasteiger partial charge in [-0.2, -0.15) is 5.10 Å². The van der Waals surface area contributed by atoms with E-state index in [1.54, 1.807) is 26.4 Å². The topological polar surface area (TPSA) is 74.8 Å². The van der Waals surface area contributed by atoms with E-state index in [-0.39, 0.29) is 22.7 Å². The van der Waals surface area contributed by atoms with E-state index in [9.17, 15) is 9.18 Å². The Morgan fingerprint density at radius 2 is 1.87 bits per heavy atom. The van der Waals surface area contributed by atoms with Gasteiger partial charge in [0.25, 0.3) is 5.56 Å². The third kappa shape index (κ3) is 3.81. The van der Waals surface area contributed by atoms with Crippen molar-refractivity contribution in [3.05, 3.63) is 81.6 Å². The SMILES string of the molecule is COc1ccc(-c2cnn(Cc3c(-c4ccc(Cl)cc4F)nnn3C)c(=O)c2)cc1. The smallest absolute Gasteiger partial charge is 0.267 e. The first-order valence-electron chi connectivity index (χ1n) is 9.02. The highest BCUT2D eigenvalue weighted by Gasteiger charge is 2.18. The average molecular weight is 426 g/mol. The Bertz CT molecular complexity index is 1270. The zero-order valence-corrected chi connectivity index (χ0v) is 17.0. The third-order valence-electron chi connectivity index (χ3n) is 4.72. The highest BCUT2D eigenvalue weighted by atomic mass is 35.5. The molecule has 0 amide bonds. The van der Waals surface area contributed by atoms with Gasteiger partial charge >= 0.3 is 0 Å². The number of rotatable bonds is 5. The number of benzene rings is 2. The summed E-state index contributed by atoms with van der Waals surface area (Å²) in [5.74, 6) is 0.213. The Kier molecular flexibility index (Phi) is 5.33. The van der Waals surface area contributed by atoms with Gasteiger partial charge in [0, 0.05) is 29.3 Å². The molecule has 0 atom stereocenters. The molecule has 0 unspecified atom stereocenters. The van der Waals surface area contributed by atoms with Crippen LogP contribution in [0.4, 0.5) is 4.39 Å². The lowest BCUT2D eigenvalue weighted by atomic mass is 10.1. The van der Waals surface area contributed by atoms with Gasteiger partial charge in [-0.3, -0.25) is 4.79 Å². The van der Waals surface area contributed by atoms with Crippen LogP contribution in [0, 0.1) is 5.82 Å². The van der Waals surface area contributed by atoms with E-state index in [4.69, 9.17) is 16.3 Å². The van der Waals surface area contributed by atoms with Crippen LogP contribution in [-0.4, -0.2) is 31.9 Å². The van der Waals surface area contributed by atoms with Crippen molar-refractivity contribution in [3.63, 3.8) is 0 Å². The first kappa shape index (κ1) is 19.8. The summed E-state index contributed by atoms with van der Waals surface area (Å²) in [6, 6.07) is 13.2. The van der Waals surface area contributed by atoms with E-state index < -0.39 is 5.82 Å². The molecular formula is C21H17ClFN5O2. The van der Waals surface area contributed by atoms with E-state index in [2.05, 4.69) is 15.4 Å². The van der Waals surface area contributed by atoms with Crippen molar-refractivity contribution in [1.29, 1.82) is 0 Å². The first-order valence-corrected chi connectivity index (χ1v) is 9.39. The van der Waals surface area contributed by atoms with Crippen molar-refractivity contribution >= 4 is 11.6 Å². The van der Waals surface area contributed by atoms with E-state index >= 15 is 0 Å². The lowest BCUT2D eigenvalue weighted by Crippen LogP contribution is -2.24. The molecule has 0 aliphatic heterocycles. The Morgan fingerprint density at radius 1 is 1.10 bits per heavy atom. The molecule has 7 nitrogen and oxygen atoms in total. The molecule has 0 N–H and O–H groups in total. The molecule has 4 aromatic rings. The number of ether oxygens (including phenoxy) is 1. The molecule has 4 rings (SSSR count). The lowest BCUT2D eigenvalue weighted by Gasteiger charge is -2.09. The predicted molar refractivity (Wildman–Crippen MR) is 111 cm³/mol. The van der Waals surface area contributed by atoms with Crippen LogP contribution < -0.4 is 10.3 Å². The van der Waals surface area contributed by atoms with E-state index in [1.807, 2.05) is 24.3 Å². The van der Waals surface area contributed by atoms with Gasteiger partial charge in [0.15, 0.2) is 0 Å². The summed E-state index contributed by atoms with van der Waals surface area (Å²) in [7, 11) is 3.27. The van der Waals surface area contributed by atoms with Crippen LogP contribution in [0.1, 0.15) is 5.69 Å². The van der Waals surface area contributed by atoms with E-state index in [1.165, 1.54) is 27.6 Å². The molecule has 0 spiro atoms. The molecule has 0 radical (unpaired) electrons. The number of aryl methyl sites for hydroxylation is 1. The Labute approximate surface area is 176 Å². The van der Waals surface area contributed by atoms with Crippen molar-refractivity contribution in [2.24, 2.45) is 7.05 Å². The first-order chi connectivity index (χ1) is 14.5. The maximum atomic E-state index is 14.4. The molecule has 2 aromatic carbocycles. The zero-order chi connectivity index (χ0) is 21.3. The maximum Gasteiger partial charge on any atom is 0.267 e. The quantitative estimate of drug-likeness (QED) is 0.488. The lowest BCUT2D eigenvalue weighted by molar-refractivity contribution is 0.415. The molecule has 0 bridgehead atoms. The third-order valence-corrected chi connectivity index (χ3v) is 4.96. The molecule has 0 saturated heterocycles. The molecule has 30 heavy (non-hydrogen) atoms.